The number of imidazole rings is 1. The highest BCUT2D eigenvalue weighted by molar-refractivity contribution is 6.30. The summed E-state index contributed by atoms with van der Waals surface area (Å²) in [6.45, 7) is 1.85. The van der Waals surface area contributed by atoms with Crippen LogP contribution < -0.4 is 16.0 Å². The van der Waals surface area contributed by atoms with E-state index in [1.165, 1.54) is 24.2 Å². The summed E-state index contributed by atoms with van der Waals surface area (Å²) in [5, 5.41) is 20.4. The number of methoxy groups -OCH3 is 1. The van der Waals surface area contributed by atoms with Crippen molar-refractivity contribution < 1.29 is 19.1 Å². The molecule has 2 aromatic heterocycles. The Morgan fingerprint density at radius 2 is 2.05 bits per heavy atom. The Hall–Kier alpha value is -5.04. The van der Waals surface area contributed by atoms with Crippen LogP contribution in [0.1, 0.15) is 43.6 Å². The first-order valence-electron chi connectivity index (χ1n) is 13.2. The van der Waals surface area contributed by atoms with E-state index in [0.717, 1.165) is 0 Å². The zero-order valence-electron chi connectivity index (χ0n) is 22.8. The van der Waals surface area contributed by atoms with Crippen LogP contribution in [-0.4, -0.2) is 55.2 Å². The lowest BCUT2D eigenvalue weighted by molar-refractivity contribution is -0.120. The van der Waals surface area contributed by atoms with E-state index in [1.807, 2.05) is 6.92 Å². The van der Waals surface area contributed by atoms with Crippen molar-refractivity contribution in [2.75, 3.05) is 17.7 Å². The molecule has 2 bridgehead atoms. The fourth-order valence-corrected chi connectivity index (χ4v) is 4.78. The van der Waals surface area contributed by atoms with E-state index in [0.29, 0.717) is 64.0 Å². The lowest BCUT2D eigenvalue weighted by atomic mass is 9.99. The average Bonchev–Trinajstić information content (AvgIpc) is 3.68. The molecule has 2 atom stereocenters. The molecule has 3 heterocycles. The second-order valence-corrected chi connectivity index (χ2v) is 10.2. The third-order valence-electron chi connectivity index (χ3n) is 6.82. The molecule has 1 aliphatic rings. The summed E-state index contributed by atoms with van der Waals surface area (Å²) < 4.78 is 6.16. The Kier molecular flexibility index (Phi) is 8.58. The van der Waals surface area contributed by atoms with Gasteiger partial charge in [0.25, 0.3) is 0 Å². The number of benzene rings is 2. The third kappa shape index (κ3) is 6.63. The van der Waals surface area contributed by atoms with Gasteiger partial charge in [0.15, 0.2) is 0 Å². The molecule has 0 radical (unpaired) electrons. The third-order valence-corrected chi connectivity index (χ3v) is 7.05. The molecule has 5 rings (SSSR count). The second kappa shape index (κ2) is 12.6. The van der Waals surface area contributed by atoms with Gasteiger partial charge in [-0.2, -0.15) is 4.68 Å². The van der Waals surface area contributed by atoms with Gasteiger partial charge in [0.2, 0.25) is 11.8 Å². The van der Waals surface area contributed by atoms with Crippen molar-refractivity contribution in [2.24, 2.45) is 5.92 Å². The van der Waals surface area contributed by atoms with Crippen molar-refractivity contribution in [1.82, 2.24) is 35.5 Å². The number of ether oxygens (including phenoxy) is 1. The Morgan fingerprint density at radius 3 is 2.83 bits per heavy atom. The number of tetrazole rings is 1. The Bertz CT molecular complexity index is 1630. The number of halogens is 1. The van der Waals surface area contributed by atoms with Gasteiger partial charge in [0.05, 0.1) is 36.4 Å². The number of aromatic nitrogens is 6. The number of hydrogen-bond acceptors (Lipinski definition) is 8. The van der Waals surface area contributed by atoms with Crippen LogP contribution in [0.3, 0.4) is 0 Å². The van der Waals surface area contributed by atoms with Crippen LogP contribution in [0.2, 0.25) is 5.02 Å². The van der Waals surface area contributed by atoms with Gasteiger partial charge in [-0.3, -0.25) is 14.9 Å². The summed E-state index contributed by atoms with van der Waals surface area (Å²) >= 11 is 6.20. The minimum Gasteiger partial charge on any atom is -0.453 e. The molecule has 4 aromatic rings. The van der Waals surface area contributed by atoms with Crippen LogP contribution in [0.4, 0.5) is 16.2 Å². The monoisotopic (exact) mass is 589 g/mol. The Labute approximate surface area is 245 Å². The molecule has 0 fully saturated rings. The number of hydrogen-bond donors (Lipinski definition) is 4. The van der Waals surface area contributed by atoms with Crippen LogP contribution in [0.5, 0.6) is 0 Å². The summed E-state index contributed by atoms with van der Waals surface area (Å²) in [6.07, 6.45) is 7.35. The van der Waals surface area contributed by atoms with Gasteiger partial charge in [-0.05, 0) is 65.7 Å². The van der Waals surface area contributed by atoms with Gasteiger partial charge in [-0.25, -0.2) is 9.78 Å². The highest BCUT2D eigenvalue weighted by Crippen LogP contribution is 2.32. The standard InChI is InChI=1S/C28H28ClN9O4/c1-16-4-3-5-21(33-25(39)11-6-17-12-18(29)7-10-24(17)38-15-31-36-37-38)26-30-14-23(34-26)20-9-8-19(32-28(41)42-2)13-22(20)35-27(16)40/h6-16,21H,3-5H2,1-2H3,(H,30,34)(H,32,41)(H,33,39)(H,35,40)/t16-,21+/m1/s1. The van der Waals surface area contributed by atoms with Crippen molar-refractivity contribution in [3.8, 4) is 16.9 Å². The van der Waals surface area contributed by atoms with Crippen molar-refractivity contribution in [3.05, 3.63) is 71.4 Å². The zero-order chi connectivity index (χ0) is 29.6. The van der Waals surface area contributed by atoms with Gasteiger partial charge < -0.3 is 20.4 Å². The zero-order valence-corrected chi connectivity index (χ0v) is 23.6. The number of nitrogens with one attached hydrogen (secondary N) is 4. The van der Waals surface area contributed by atoms with Gasteiger partial charge in [-0.15, -0.1) is 5.10 Å². The van der Waals surface area contributed by atoms with E-state index in [2.05, 4.69) is 46.2 Å². The molecule has 0 spiro atoms. The fourth-order valence-electron chi connectivity index (χ4n) is 4.60. The number of carbonyl (C=O) groups is 3. The highest BCUT2D eigenvalue weighted by atomic mass is 35.5. The average molecular weight is 590 g/mol. The topological polar surface area (TPSA) is 169 Å². The molecule has 0 unspecified atom stereocenters. The number of anilines is 2. The summed E-state index contributed by atoms with van der Waals surface area (Å²) in [5.74, 6) is -0.210. The summed E-state index contributed by atoms with van der Waals surface area (Å²) in [4.78, 5) is 45.7. The van der Waals surface area contributed by atoms with Crippen LogP contribution >= 0.6 is 11.6 Å². The molecular weight excluding hydrogens is 562 g/mol. The number of rotatable bonds is 5. The van der Waals surface area contributed by atoms with Crippen LogP contribution in [0.25, 0.3) is 23.0 Å². The fraction of sp³-hybridized carbons (Fsp3) is 0.250. The SMILES string of the molecule is COC(=O)Nc1ccc2c(c1)NC(=O)[C@H](C)CCC[C@H](NC(=O)C=Cc1cc(Cl)ccc1-n1cnnn1)c1ncc-2[nH]1. The number of fused-ring (bicyclic) bond motifs is 4. The highest BCUT2D eigenvalue weighted by Gasteiger charge is 2.23. The van der Waals surface area contributed by atoms with Crippen LogP contribution in [-0.2, 0) is 14.3 Å². The normalized spacial score (nSPS) is 17.0. The van der Waals surface area contributed by atoms with E-state index in [-0.39, 0.29) is 17.7 Å². The first kappa shape index (κ1) is 28.5. The smallest absolute Gasteiger partial charge is 0.411 e. The molecule has 13 nitrogen and oxygen atoms in total. The summed E-state index contributed by atoms with van der Waals surface area (Å²) in [5.41, 5.74) is 3.58. The van der Waals surface area contributed by atoms with Gasteiger partial charge in [0, 0.05) is 33.8 Å². The largest absolute Gasteiger partial charge is 0.453 e. The minimum absolute atomic E-state index is 0.157. The predicted octanol–water partition coefficient (Wildman–Crippen LogP) is 4.51. The van der Waals surface area contributed by atoms with E-state index < -0.39 is 12.1 Å². The second-order valence-electron chi connectivity index (χ2n) is 9.73. The minimum atomic E-state index is -0.624. The van der Waals surface area contributed by atoms with Gasteiger partial charge >= 0.3 is 6.09 Å². The number of carbonyl (C=O) groups excluding carboxylic acids is 3. The van der Waals surface area contributed by atoms with Crippen molar-refractivity contribution in [2.45, 2.75) is 32.2 Å². The number of aromatic amines is 1. The van der Waals surface area contributed by atoms with Crippen LogP contribution in [0, 0.1) is 5.92 Å². The first-order chi connectivity index (χ1) is 20.3. The lowest BCUT2D eigenvalue weighted by Gasteiger charge is -2.19. The molecule has 1 aliphatic heterocycles. The number of amides is 3. The maximum atomic E-state index is 13.1. The van der Waals surface area contributed by atoms with E-state index in [4.69, 9.17) is 11.6 Å². The molecule has 42 heavy (non-hydrogen) atoms. The van der Waals surface area contributed by atoms with E-state index in [1.54, 1.807) is 48.7 Å². The molecule has 0 saturated carbocycles. The molecule has 3 amide bonds. The molecular formula is C28H28ClN9O4. The van der Waals surface area contributed by atoms with E-state index >= 15 is 0 Å². The molecule has 216 valence electrons. The Morgan fingerprint density at radius 1 is 1.19 bits per heavy atom. The number of nitrogens with zero attached hydrogens (tertiary/aromatic N) is 5. The first-order valence-corrected chi connectivity index (χ1v) is 13.5. The quantitative estimate of drug-likeness (QED) is 0.246. The maximum Gasteiger partial charge on any atom is 0.411 e. The maximum absolute atomic E-state index is 13.1. The molecule has 0 saturated heterocycles. The van der Waals surface area contributed by atoms with Crippen molar-refractivity contribution in [3.63, 3.8) is 0 Å². The Balaban J connectivity index is 1.40. The summed E-state index contributed by atoms with van der Waals surface area (Å²) in [7, 11) is 1.27. The van der Waals surface area contributed by atoms with Crippen LogP contribution in [0.15, 0.2) is 55.0 Å². The predicted molar refractivity (Wildman–Crippen MR) is 156 cm³/mol. The molecule has 0 aliphatic carbocycles. The molecule has 14 heteroatoms. The molecule has 4 N–H and O–H groups in total. The van der Waals surface area contributed by atoms with Gasteiger partial charge in [-0.1, -0.05) is 24.9 Å². The van der Waals surface area contributed by atoms with Crippen molar-refractivity contribution in [1.29, 1.82) is 0 Å². The summed E-state index contributed by atoms with van der Waals surface area (Å²) in [6, 6.07) is 9.87. The van der Waals surface area contributed by atoms with Gasteiger partial charge in [0.1, 0.15) is 12.2 Å². The van der Waals surface area contributed by atoms with Crippen molar-refractivity contribution >= 4 is 47.0 Å². The lowest BCUT2D eigenvalue weighted by Crippen LogP contribution is -2.28. The van der Waals surface area contributed by atoms with E-state index in [9.17, 15) is 14.4 Å². The number of H-pyrrole nitrogens is 1. The molecule has 2 aromatic carbocycles.